The van der Waals surface area contributed by atoms with Gasteiger partial charge in [0.05, 0.1) is 0 Å². The zero-order chi connectivity index (χ0) is 8.08. The molecule has 0 aliphatic carbocycles. The van der Waals surface area contributed by atoms with E-state index in [1.165, 1.54) is 0 Å². The van der Waals surface area contributed by atoms with Gasteiger partial charge in [0.1, 0.15) is 0 Å². The molecule has 0 heterocycles. The first-order chi connectivity index (χ1) is 3.73. The van der Waals surface area contributed by atoms with Crippen molar-refractivity contribution < 1.29 is 137 Å². The van der Waals surface area contributed by atoms with Crippen LogP contribution in [0.3, 0.4) is 0 Å². The third-order valence-electron chi connectivity index (χ3n) is 0. The zero-order valence-corrected chi connectivity index (χ0v) is 15.9. The van der Waals surface area contributed by atoms with Crippen LogP contribution in [0, 0.1) is 0 Å². The van der Waals surface area contributed by atoms with Gasteiger partial charge in [0.15, 0.2) is 0 Å². The molecule has 0 radical (unpaired) electrons. The second-order valence-corrected chi connectivity index (χ2v) is 1.61. The van der Waals surface area contributed by atoms with Crippen molar-refractivity contribution in [2.45, 2.75) is 0 Å². The largest absolute Gasteiger partial charge is 2.00 e. The van der Waals surface area contributed by atoms with Crippen LogP contribution >= 0.6 is 7.82 Å². The Kier molecular flexibility index (Phi) is 42.9. The summed E-state index contributed by atoms with van der Waals surface area (Å²) >= 11 is 0. The van der Waals surface area contributed by atoms with Crippen molar-refractivity contribution in [2.75, 3.05) is 0 Å². The van der Waals surface area contributed by atoms with Gasteiger partial charge in [0, 0.05) is 0 Å². The molecule has 7 nitrogen and oxygen atoms in total. The molecule has 0 amide bonds. The molecule has 0 bridgehead atoms. The first-order valence-electron chi connectivity index (χ1n) is 1.36. The minimum atomic E-state index is -5.39. The molecular formula is CHCaK2O7P. The Labute approximate surface area is 183 Å². The molecular weight excluding hydrogens is 273 g/mol. The van der Waals surface area contributed by atoms with Gasteiger partial charge in [-0.2, -0.15) is 7.82 Å². The summed E-state index contributed by atoms with van der Waals surface area (Å²) in [6, 6.07) is 0. The van der Waals surface area contributed by atoms with Gasteiger partial charge in [-0.25, -0.2) is 0 Å². The van der Waals surface area contributed by atoms with Crippen LogP contribution in [0.4, 0.5) is 4.79 Å². The zero-order valence-electron chi connectivity index (χ0n) is 6.55. The van der Waals surface area contributed by atoms with Gasteiger partial charge >= 0.3 is 141 Å². The van der Waals surface area contributed by atoms with Crippen molar-refractivity contribution in [3.63, 3.8) is 0 Å². The van der Waals surface area contributed by atoms with Crippen LogP contribution in [0.15, 0.2) is 0 Å². The summed E-state index contributed by atoms with van der Waals surface area (Å²) in [4.78, 5) is 34.1. The number of carboxylic acid groups (broad SMARTS) is 2. The van der Waals surface area contributed by atoms with Crippen molar-refractivity contribution in [1.29, 1.82) is 0 Å². The Hall–Kier alpha value is 3.91. The van der Waals surface area contributed by atoms with Gasteiger partial charge in [0.25, 0.3) is 0 Å². The molecule has 0 unspecified atom stereocenters. The van der Waals surface area contributed by atoms with Gasteiger partial charge in [0.2, 0.25) is 6.16 Å². The Balaban J connectivity index is -0.0000000221. The van der Waals surface area contributed by atoms with Crippen LogP contribution in [0.5, 0.6) is 0 Å². The predicted octanol–water partition coefficient (Wildman–Crippen LogP) is -10.3. The Morgan fingerprint density at radius 1 is 1.17 bits per heavy atom. The van der Waals surface area contributed by atoms with Crippen LogP contribution in [-0.2, 0) is 4.57 Å². The quantitative estimate of drug-likeness (QED) is 0.340. The third-order valence-corrected chi connectivity index (χ3v) is 0. The topological polar surface area (TPSA) is 147 Å². The SMILES string of the molecule is O=C([O-])O.O=P([O-])([O-])[O-].[Ca+2].[K+].[K+]. The normalized spacial score (nSPS) is 6.92. The van der Waals surface area contributed by atoms with E-state index in [0.29, 0.717) is 0 Å². The molecule has 1 N–H and O–H groups in total. The fraction of sp³-hybridized carbons (Fsp3) is 0. The number of carbonyl (C=O) groups is 1. The molecule has 0 atom stereocenters. The minimum Gasteiger partial charge on any atom is -0.822 e. The summed E-state index contributed by atoms with van der Waals surface area (Å²) in [7, 11) is -5.39. The average Bonchev–Trinajstić information content (AvgIpc) is 1.19. The van der Waals surface area contributed by atoms with Crippen LogP contribution in [-0.4, -0.2) is 49.0 Å². The smallest absolute Gasteiger partial charge is 0.822 e. The van der Waals surface area contributed by atoms with E-state index in [1.54, 1.807) is 0 Å². The summed E-state index contributed by atoms with van der Waals surface area (Å²) in [6.07, 6.45) is -2.08. The maximum Gasteiger partial charge on any atom is 2.00 e. The molecule has 12 heavy (non-hydrogen) atoms. The Bertz CT molecular complexity index is 121. The molecule has 11 heteroatoms. The molecule has 0 aliphatic heterocycles. The molecule has 0 rings (SSSR count). The summed E-state index contributed by atoms with van der Waals surface area (Å²) in [6.45, 7) is 0. The average molecular weight is 274 g/mol. The van der Waals surface area contributed by atoms with Crippen LogP contribution in [0.25, 0.3) is 0 Å². The molecule has 56 valence electrons. The third kappa shape index (κ3) is 152. The minimum absolute atomic E-state index is 0. The fourth-order valence-electron chi connectivity index (χ4n) is 0. The van der Waals surface area contributed by atoms with Gasteiger partial charge in [-0.05, 0) is 0 Å². The molecule has 0 saturated heterocycles. The summed E-state index contributed by atoms with van der Waals surface area (Å²) in [5.74, 6) is 0. The molecule has 0 spiro atoms. The number of rotatable bonds is 0. The van der Waals surface area contributed by atoms with Crippen molar-refractivity contribution in [2.24, 2.45) is 0 Å². The molecule has 0 fully saturated rings. The second-order valence-electron chi connectivity index (χ2n) is 0.713. The maximum atomic E-state index is 8.55. The summed E-state index contributed by atoms with van der Waals surface area (Å²) in [5.41, 5.74) is 0. The predicted molar refractivity (Wildman–Crippen MR) is 21.4 cm³/mol. The van der Waals surface area contributed by atoms with E-state index < -0.39 is 14.0 Å². The fourth-order valence-corrected chi connectivity index (χ4v) is 0. The Morgan fingerprint density at radius 3 is 1.17 bits per heavy atom. The molecule has 0 aromatic heterocycles. The van der Waals surface area contributed by atoms with Crippen molar-refractivity contribution in [3.8, 4) is 0 Å². The van der Waals surface area contributed by atoms with E-state index in [4.69, 9.17) is 34.3 Å². The van der Waals surface area contributed by atoms with E-state index in [2.05, 4.69) is 0 Å². The van der Waals surface area contributed by atoms with Crippen molar-refractivity contribution in [1.82, 2.24) is 0 Å². The standard InChI is InChI=1S/CH2O3.Ca.2K.H3O4P/c2-1(3)4;;;;1-5(2,3)4/h(H2,2,3,4);;;;(H3,1,2,3,4)/q;+2;2*+1;/p-4. The molecule has 0 aromatic carbocycles. The summed E-state index contributed by atoms with van der Waals surface area (Å²) < 4.78 is 8.55. The van der Waals surface area contributed by atoms with Crippen molar-refractivity contribution in [3.05, 3.63) is 0 Å². The monoisotopic (exact) mass is 274 g/mol. The van der Waals surface area contributed by atoms with Gasteiger partial charge in [-0.1, -0.05) is 0 Å². The van der Waals surface area contributed by atoms with E-state index in [-0.39, 0.29) is 141 Å². The number of hydrogen-bond acceptors (Lipinski definition) is 6. The van der Waals surface area contributed by atoms with E-state index in [0.717, 1.165) is 0 Å². The number of phosphoric acid groups is 1. The van der Waals surface area contributed by atoms with E-state index in [9.17, 15) is 0 Å². The number of hydrogen-bond donors (Lipinski definition) is 1. The first-order valence-corrected chi connectivity index (χ1v) is 2.82. The van der Waals surface area contributed by atoms with Crippen molar-refractivity contribution >= 4 is 51.7 Å². The van der Waals surface area contributed by atoms with E-state index >= 15 is 0 Å². The van der Waals surface area contributed by atoms with Crippen LogP contribution < -0.4 is 123 Å². The van der Waals surface area contributed by atoms with Crippen LogP contribution in [0.2, 0.25) is 0 Å². The van der Waals surface area contributed by atoms with Crippen LogP contribution in [0.1, 0.15) is 0 Å². The Morgan fingerprint density at radius 2 is 1.17 bits per heavy atom. The second kappa shape index (κ2) is 17.3. The maximum absolute atomic E-state index is 8.55. The molecule has 0 aliphatic rings. The molecule has 0 aromatic rings. The van der Waals surface area contributed by atoms with Gasteiger partial charge in [-0.3, -0.25) is 0 Å². The molecule has 0 saturated carbocycles. The van der Waals surface area contributed by atoms with Gasteiger partial charge < -0.3 is 34.3 Å². The van der Waals surface area contributed by atoms with Gasteiger partial charge in [-0.15, -0.1) is 0 Å². The summed E-state index contributed by atoms with van der Waals surface area (Å²) in [5, 5.41) is 15.3. The first kappa shape index (κ1) is 29.7. The van der Waals surface area contributed by atoms with E-state index in [1.807, 2.05) is 0 Å².